The number of thiophene rings is 1. The van der Waals surface area contributed by atoms with Crippen LogP contribution in [0.2, 0.25) is 0 Å². The van der Waals surface area contributed by atoms with Crippen LogP contribution in [0.5, 0.6) is 5.75 Å². The van der Waals surface area contributed by atoms with Crippen molar-refractivity contribution < 1.29 is 18.7 Å². The first-order chi connectivity index (χ1) is 16.5. The van der Waals surface area contributed by atoms with Gasteiger partial charge < -0.3 is 9.15 Å². The van der Waals surface area contributed by atoms with E-state index in [0.29, 0.717) is 11.3 Å². The molecule has 0 saturated carbocycles. The van der Waals surface area contributed by atoms with E-state index in [-0.39, 0.29) is 18.9 Å². The van der Waals surface area contributed by atoms with Crippen LogP contribution < -0.4 is 15.8 Å². The number of nitrogens with zero attached hydrogens (tertiary/aromatic N) is 1. The number of hydrogen-bond donors (Lipinski definition) is 1. The van der Waals surface area contributed by atoms with E-state index in [9.17, 15) is 14.4 Å². The lowest BCUT2D eigenvalue weighted by Crippen LogP contribution is -2.46. The molecule has 7 nitrogen and oxygen atoms in total. The first-order valence-electron chi connectivity index (χ1n) is 10.5. The van der Waals surface area contributed by atoms with Crippen molar-refractivity contribution in [1.82, 2.24) is 10.4 Å². The number of carbonyl (C=O) groups is 2. The Morgan fingerprint density at radius 3 is 2.71 bits per heavy atom. The van der Waals surface area contributed by atoms with Gasteiger partial charge in [-0.25, -0.2) is 9.80 Å². The van der Waals surface area contributed by atoms with E-state index in [1.54, 1.807) is 18.2 Å². The van der Waals surface area contributed by atoms with Gasteiger partial charge in [0, 0.05) is 28.8 Å². The summed E-state index contributed by atoms with van der Waals surface area (Å²) in [7, 11) is 0. The third-order valence-corrected chi connectivity index (χ3v) is 6.85. The van der Waals surface area contributed by atoms with Gasteiger partial charge in [0.2, 0.25) is 5.91 Å². The molecule has 9 heteroatoms. The molecule has 0 radical (unpaired) electrons. The van der Waals surface area contributed by atoms with E-state index < -0.39 is 23.0 Å². The van der Waals surface area contributed by atoms with Crippen LogP contribution in [-0.4, -0.2) is 28.8 Å². The number of rotatable bonds is 6. The predicted octanol–water partition coefficient (Wildman–Crippen LogP) is 4.51. The topological polar surface area (TPSA) is 88.8 Å². The van der Waals surface area contributed by atoms with E-state index >= 15 is 0 Å². The number of ether oxygens (including phenoxy) is 1. The fourth-order valence-corrected chi connectivity index (χ4v) is 5.33. The molecule has 2 aromatic heterocycles. The highest BCUT2D eigenvalue weighted by Crippen LogP contribution is 2.37. The van der Waals surface area contributed by atoms with Gasteiger partial charge in [0.1, 0.15) is 17.4 Å². The van der Waals surface area contributed by atoms with Gasteiger partial charge >= 0.3 is 5.63 Å². The Labute approximate surface area is 203 Å². The molecule has 1 aliphatic rings. The third kappa shape index (κ3) is 4.42. The largest absolute Gasteiger partial charge is 0.484 e. The first-order valence-corrected chi connectivity index (χ1v) is 11.9. The monoisotopic (exact) mass is 494 g/mol. The summed E-state index contributed by atoms with van der Waals surface area (Å²) in [6, 6.07) is 19.3. The molecule has 2 aromatic carbocycles. The second-order valence-corrected chi connectivity index (χ2v) is 9.31. The third-order valence-electron chi connectivity index (χ3n) is 5.51. The molecule has 2 unspecified atom stereocenters. The second kappa shape index (κ2) is 9.32. The van der Waals surface area contributed by atoms with E-state index in [1.807, 2.05) is 47.8 Å². The molecule has 5 rings (SSSR count). The van der Waals surface area contributed by atoms with Crippen molar-refractivity contribution in [2.75, 3.05) is 6.61 Å². The molecule has 34 heavy (non-hydrogen) atoms. The van der Waals surface area contributed by atoms with Crippen molar-refractivity contribution >= 4 is 45.7 Å². The summed E-state index contributed by atoms with van der Waals surface area (Å²) < 4.78 is 11.0. The molecule has 1 aliphatic heterocycles. The van der Waals surface area contributed by atoms with Crippen molar-refractivity contribution in [3.8, 4) is 16.9 Å². The Hall–Kier alpha value is -3.62. The van der Waals surface area contributed by atoms with Crippen molar-refractivity contribution in [1.29, 1.82) is 0 Å². The summed E-state index contributed by atoms with van der Waals surface area (Å²) in [5.41, 5.74) is 4.12. The quantitative estimate of drug-likeness (QED) is 0.314. The average molecular weight is 495 g/mol. The SMILES string of the molecule is O=C(COc1ccc2c(-c3ccccc3)cc(=O)oc2c1)NN1C(=O)CC(Cl)C1c1cccs1. The van der Waals surface area contributed by atoms with Crippen LogP contribution in [0.3, 0.4) is 0 Å². The number of benzene rings is 2. The molecule has 0 spiro atoms. The first kappa shape index (κ1) is 22.2. The normalized spacial score (nSPS) is 17.8. The van der Waals surface area contributed by atoms with Gasteiger partial charge in [-0.3, -0.25) is 15.0 Å². The summed E-state index contributed by atoms with van der Waals surface area (Å²) in [6.45, 7) is -0.331. The minimum Gasteiger partial charge on any atom is -0.484 e. The lowest BCUT2D eigenvalue weighted by atomic mass is 10.0. The highest BCUT2D eigenvalue weighted by molar-refractivity contribution is 7.10. The number of hydrazine groups is 1. The molecular formula is C25H19ClN2O5S. The summed E-state index contributed by atoms with van der Waals surface area (Å²) >= 11 is 7.84. The zero-order valence-corrected chi connectivity index (χ0v) is 19.3. The van der Waals surface area contributed by atoms with Gasteiger partial charge in [-0.1, -0.05) is 36.4 Å². The van der Waals surface area contributed by atoms with E-state index in [4.69, 9.17) is 20.8 Å². The maximum absolute atomic E-state index is 12.6. The average Bonchev–Trinajstić information content (AvgIpc) is 3.45. The summed E-state index contributed by atoms with van der Waals surface area (Å²) in [6.07, 6.45) is 0.138. The molecule has 1 N–H and O–H groups in total. The summed E-state index contributed by atoms with van der Waals surface area (Å²) in [5.74, 6) is -0.401. The van der Waals surface area contributed by atoms with E-state index in [0.717, 1.165) is 21.4 Å². The number of hydrogen-bond acceptors (Lipinski definition) is 6. The number of amides is 2. The van der Waals surface area contributed by atoms with Crippen LogP contribution in [0.4, 0.5) is 0 Å². The number of nitrogens with one attached hydrogen (secondary N) is 1. The molecule has 4 aromatic rings. The molecule has 1 fully saturated rings. The van der Waals surface area contributed by atoms with Gasteiger partial charge in [0.25, 0.3) is 5.91 Å². The number of halogens is 1. The van der Waals surface area contributed by atoms with Crippen molar-refractivity contribution in [2.45, 2.75) is 17.8 Å². The highest BCUT2D eigenvalue weighted by atomic mass is 35.5. The standard InChI is InChI=1S/C25H19ClN2O5S/c26-19-13-23(30)28(25(19)21-7-4-10-34-21)27-22(29)14-32-16-8-9-17-18(15-5-2-1-3-6-15)12-24(31)33-20(17)11-16/h1-12,19,25H,13-14H2,(H,27,29). The number of alkyl halides is 1. The molecule has 0 aliphatic carbocycles. The number of carbonyl (C=O) groups excluding carboxylic acids is 2. The molecule has 0 bridgehead atoms. The van der Waals surface area contributed by atoms with E-state index in [2.05, 4.69) is 5.43 Å². The van der Waals surface area contributed by atoms with Gasteiger partial charge in [-0.05, 0) is 34.7 Å². The van der Waals surface area contributed by atoms with Gasteiger partial charge in [0.15, 0.2) is 6.61 Å². The van der Waals surface area contributed by atoms with Crippen molar-refractivity contribution in [3.63, 3.8) is 0 Å². The van der Waals surface area contributed by atoms with Crippen LogP contribution in [0.25, 0.3) is 22.1 Å². The summed E-state index contributed by atoms with van der Waals surface area (Å²) in [5, 5.41) is 3.49. The maximum atomic E-state index is 12.6. The highest BCUT2D eigenvalue weighted by Gasteiger charge is 2.41. The smallest absolute Gasteiger partial charge is 0.336 e. The molecule has 3 heterocycles. The molecular weight excluding hydrogens is 476 g/mol. The Kier molecular flexibility index (Phi) is 6.08. The minimum atomic E-state index is -0.500. The second-order valence-electron chi connectivity index (χ2n) is 7.77. The Bertz CT molecular complexity index is 1400. The van der Waals surface area contributed by atoms with Crippen LogP contribution in [0.1, 0.15) is 17.3 Å². The summed E-state index contributed by atoms with van der Waals surface area (Å²) in [4.78, 5) is 37.9. The fourth-order valence-electron chi connectivity index (χ4n) is 4.00. The Balaban J connectivity index is 1.31. The van der Waals surface area contributed by atoms with Gasteiger partial charge in [0.05, 0.1) is 5.38 Å². The predicted molar refractivity (Wildman–Crippen MR) is 130 cm³/mol. The Morgan fingerprint density at radius 2 is 1.94 bits per heavy atom. The Morgan fingerprint density at radius 1 is 1.12 bits per heavy atom. The number of fused-ring (bicyclic) bond motifs is 1. The van der Waals surface area contributed by atoms with Crippen molar-refractivity contribution in [3.05, 3.63) is 87.4 Å². The van der Waals surface area contributed by atoms with Crippen LogP contribution in [0.15, 0.2) is 81.3 Å². The van der Waals surface area contributed by atoms with Crippen LogP contribution >= 0.6 is 22.9 Å². The van der Waals surface area contributed by atoms with E-state index in [1.165, 1.54) is 22.4 Å². The molecule has 2 atom stereocenters. The van der Waals surface area contributed by atoms with Crippen molar-refractivity contribution in [2.24, 2.45) is 0 Å². The van der Waals surface area contributed by atoms with Crippen LogP contribution in [0, 0.1) is 0 Å². The molecule has 2 amide bonds. The molecule has 172 valence electrons. The lowest BCUT2D eigenvalue weighted by Gasteiger charge is -2.25. The van der Waals surface area contributed by atoms with Gasteiger partial charge in [-0.15, -0.1) is 22.9 Å². The maximum Gasteiger partial charge on any atom is 0.336 e. The van der Waals surface area contributed by atoms with Gasteiger partial charge in [-0.2, -0.15) is 0 Å². The van der Waals surface area contributed by atoms with Crippen LogP contribution in [-0.2, 0) is 9.59 Å². The minimum absolute atomic E-state index is 0.138. The zero-order chi connectivity index (χ0) is 23.7. The molecule has 1 saturated heterocycles. The zero-order valence-electron chi connectivity index (χ0n) is 17.8. The fraction of sp³-hybridized carbons (Fsp3) is 0.160. The lowest BCUT2D eigenvalue weighted by molar-refractivity contribution is -0.141.